The first-order valence-electron chi connectivity index (χ1n) is 8.65. The van der Waals surface area contributed by atoms with Gasteiger partial charge in [-0.1, -0.05) is 0 Å². The van der Waals surface area contributed by atoms with Crippen LogP contribution in [-0.4, -0.2) is 59.5 Å². The molecule has 8 nitrogen and oxygen atoms in total. The van der Waals surface area contributed by atoms with E-state index in [1.54, 1.807) is 12.0 Å². The van der Waals surface area contributed by atoms with E-state index in [1.807, 2.05) is 24.3 Å². The molecule has 2 aliphatic heterocycles. The Kier molecular flexibility index (Phi) is 4.34. The van der Waals surface area contributed by atoms with Gasteiger partial charge in [-0.2, -0.15) is 0 Å². The lowest BCUT2D eigenvalue weighted by Gasteiger charge is -2.32. The number of H-pyrrole nitrogens is 1. The molecular formula is C18H21N5O3. The van der Waals surface area contributed by atoms with Crippen molar-refractivity contribution in [2.75, 3.05) is 26.7 Å². The second-order valence-corrected chi connectivity index (χ2v) is 6.50. The third kappa shape index (κ3) is 3.15. The van der Waals surface area contributed by atoms with E-state index >= 15 is 0 Å². The van der Waals surface area contributed by atoms with Crippen LogP contribution in [0.25, 0.3) is 11.4 Å². The predicted octanol–water partition coefficient (Wildman–Crippen LogP) is 0.0580. The summed E-state index contributed by atoms with van der Waals surface area (Å²) < 4.78 is 5.18. The Balaban J connectivity index is 1.49. The van der Waals surface area contributed by atoms with Crippen LogP contribution in [0.4, 0.5) is 0 Å². The number of ether oxygens (including phenoxy) is 1. The van der Waals surface area contributed by atoms with Gasteiger partial charge in [-0.3, -0.25) is 9.59 Å². The van der Waals surface area contributed by atoms with Crippen molar-refractivity contribution < 1.29 is 14.3 Å². The monoisotopic (exact) mass is 355 g/mol. The number of methoxy groups -OCH3 is 1. The number of carbonyl (C=O) groups is 2. The topological polar surface area (TPSA) is 99.3 Å². The molecule has 26 heavy (non-hydrogen) atoms. The molecule has 1 atom stereocenters. The number of nitrogens with one attached hydrogen (secondary N) is 3. The van der Waals surface area contributed by atoms with E-state index in [2.05, 4.69) is 20.6 Å². The Bertz CT molecular complexity index is 830. The molecular weight excluding hydrogens is 334 g/mol. The van der Waals surface area contributed by atoms with Gasteiger partial charge in [0.2, 0.25) is 11.8 Å². The van der Waals surface area contributed by atoms with Crippen LogP contribution in [0.1, 0.15) is 11.4 Å². The Morgan fingerprint density at radius 3 is 2.85 bits per heavy atom. The number of amides is 2. The largest absolute Gasteiger partial charge is 0.497 e. The quantitative estimate of drug-likeness (QED) is 0.723. The summed E-state index contributed by atoms with van der Waals surface area (Å²) in [4.78, 5) is 34.0. The van der Waals surface area contributed by atoms with Crippen molar-refractivity contribution in [1.82, 2.24) is 25.5 Å². The smallest absolute Gasteiger partial charge is 0.246 e. The number of aromatic amines is 1. The van der Waals surface area contributed by atoms with Crippen LogP contribution in [0, 0.1) is 0 Å². The number of rotatable bonds is 3. The summed E-state index contributed by atoms with van der Waals surface area (Å²) in [6.45, 7) is 1.81. The molecule has 0 bridgehead atoms. The van der Waals surface area contributed by atoms with Gasteiger partial charge in [-0.05, 0) is 24.3 Å². The summed E-state index contributed by atoms with van der Waals surface area (Å²) in [5.74, 6) is 1.39. The number of benzene rings is 1. The van der Waals surface area contributed by atoms with Crippen LogP contribution in [0.5, 0.6) is 5.75 Å². The van der Waals surface area contributed by atoms with Gasteiger partial charge in [0, 0.05) is 25.1 Å². The summed E-state index contributed by atoms with van der Waals surface area (Å²) in [5.41, 5.74) is 2.91. The Labute approximate surface area is 150 Å². The van der Waals surface area contributed by atoms with Crippen molar-refractivity contribution in [2.45, 2.75) is 19.0 Å². The van der Waals surface area contributed by atoms with Gasteiger partial charge in [0.15, 0.2) is 0 Å². The molecule has 3 heterocycles. The van der Waals surface area contributed by atoms with Crippen molar-refractivity contribution in [2.24, 2.45) is 0 Å². The minimum atomic E-state index is -0.498. The van der Waals surface area contributed by atoms with E-state index < -0.39 is 6.04 Å². The molecule has 2 aromatic rings. The zero-order valence-corrected chi connectivity index (χ0v) is 14.5. The maximum atomic E-state index is 12.7. The van der Waals surface area contributed by atoms with Crippen molar-refractivity contribution in [3.05, 3.63) is 35.7 Å². The Morgan fingerprint density at radius 2 is 2.12 bits per heavy atom. The highest BCUT2D eigenvalue weighted by Crippen LogP contribution is 2.24. The van der Waals surface area contributed by atoms with E-state index in [1.165, 1.54) is 0 Å². The number of imidazole rings is 1. The summed E-state index contributed by atoms with van der Waals surface area (Å²) >= 11 is 0. The molecule has 1 fully saturated rings. The normalized spacial score (nSPS) is 19.7. The first kappa shape index (κ1) is 16.6. The molecule has 0 aliphatic carbocycles. The Morgan fingerprint density at radius 1 is 1.31 bits per heavy atom. The lowest BCUT2D eigenvalue weighted by atomic mass is 10.1. The van der Waals surface area contributed by atoms with Gasteiger partial charge in [0.05, 0.1) is 31.6 Å². The van der Waals surface area contributed by atoms with Crippen LogP contribution < -0.4 is 15.4 Å². The first-order chi connectivity index (χ1) is 12.6. The number of hydrogen-bond acceptors (Lipinski definition) is 5. The lowest BCUT2D eigenvalue weighted by Crippen LogP contribution is -2.59. The third-order valence-corrected chi connectivity index (χ3v) is 4.77. The Hall–Kier alpha value is -2.87. The van der Waals surface area contributed by atoms with Crippen molar-refractivity contribution >= 4 is 11.8 Å². The first-order valence-corrected chi connectivity index (χ1v) is 8.65. The summed E-state index contributed by atoms with van der Waals surface area (Å²) in [5, 5.41) is 5.72. The van der Waals surface area contributed by atoms with E-state index in [0.717, 1.165) is 28.5 Å². The maximum Gasteiger partial charge on any atom is 0.246 e. The number of carbonyl (C=O) groups excluding carboxylic acids is 2. The molecule has 1 saturated heterocycles. The van der Waals surface area contributed by atoms with Crippen molar-refractivity contribution in [3.8, 4) is 17.1 Å². The fourth-order valence-corrected chi connectivity index (χ4v) is 3.36. The number of hydrogen-bond donors (Lipinski definition) is 3. The molecule has 2 aliphatic rings. The molecule has 0 radical (unpaired) electrons. The summed E-state index contributed by atoms with van der Waals surface area (Å²) in [6.07, 6.45) is 0.696. The van der Waals surface area contributed by atoms with E-state index in [-0.39, 0.29) is 18.4 Å². The molecule has 4 rings (SSSR count). The van der Waals surface area contributed by atoms with Gasteiger partial charge in [-0.25, -0.2) is 4.98 Å². The van der Waals surface area contributed by atoms with Crippen LogP contribution in [0.3, 0.4) is 0 Å². The van der Waals surface area contributed by atoms with Crippen LogP contribution in [0.15, 0.2) is 24.3 Å². The number of nitrogens with zero attached hydrogens (tertiary/aromatic N) is 2. The summed E-state index contributed by atoms with van der Waals surface area (Å²) in [7, 11) is 1.64. The predicted molar refractivity (Wildman–Crippen MR) is 94.5 cm³/mol. The fourth-order valence-electron chi connectivity index (χ4n) is 3.36. The second kappa shape index (κ2) is 6.80. The average Bonchev–Trinajstić information content (AvgIpc) is 3.10. The molecule has 8 heteroatoms. The number of aromatic nitrogens is 2. The van der Waals surface area contributed by atoms with Crippen molar-refractivity contribution in [3.63, 3.8) is 0 Å². The van der Waals surface area contributed by atoms with Crippen LogP contribution >= 0.6 is 0 Å². The molecule has 0 saturated carbocycles. The maximum absolute atomic E-state index is 12.7. The number of fused-ring (bicyclic) bond motifs is 1. The van der Waals surface area contributed by atoms with E-state index in [9.17, 15) is 9.59 Å². The summed E-state index contributed by atoms with van der Waals surface area (Å²) in [6, 6.07) is 7.20. The van der Waals surface area contributed by atoms with Gasteiger partial charge in [0.25, 0.3) is 0 Å². The highest BCUT2D eigenvalue weighted by atomic mass is 16.5. The van der Waals surface area contributed by atoms with Gasteiger partial charge in [0.1, 0.15) is 17.6 Å². The second-order valence-electron chi connectivity index (χ2n) is 6.50. The highest BCUT2D eigenvalue weighted by Gasteiger charge is 2.31. The molecule has 2 amide bonds. The third-order valence-electron chi connectivity index (χ3n) is 4.77. The molecule has 0 spiro atoms. The van der Waals surface area contributed by atoms with E-state index in [0.29, 0.717) is 26.1 Å². The highest BCUT2D eigenvalue weighted by molar-refractivity contribution is 5.89. The van der Waals surface area contributed by atoms with Gasteiger partial charge < -0.3 is 25.3 Å². The zero-order chi connectivity index (χ0) is 18.1. The van der Waals surface area contributed by atoms with Crippen molar-refractivity contribution in [1.29, 1.82) is 0 Å². The lowest BCUT2D eigenvalue weighted by molar-refractivity contribution is -0.138. The molecule has 1 aromatic heterocycles. The minimum absolute atomic E-state index is 0.0585. The molecule has 1 unspecified atom stereocenters. The number of piperazine rings is 1. The van der Waals surface area contributed by atoms with Gasteiger partial charge >= 0.3 is 0 Å². The molecule has 136 valence electrons. The van der Waals surface area contributed by atoms with Crippen LogP contribution in [0.2, 0.25) is 0 Å². The standard InChI is InChI=1S/C18H21N5O3/c1-26-12-4-2-11(3-5-12)17-21-13-6-7-23(10-15(13)22-17)18(25)14-8-19-9-16(24)20-14/h2-5,14,19H,6-10H2,1H3,(H,20,24)(H,21,22). The van der Waals surface area contributed by atoms with E-state index in [4.69, 9.17) is 4.74 Å². The zero-order valence-electron chi connectivity index (χ0n) is 14.5. The fraction of sp³-hybridized carbons (Fsp3) is 0.389. The van der Waals surface area contributed by atoms with Crippen LogP contribution in [-0.2, 0) is 22.6 Å². The minimum Gasteiger partial charge on any atom is -0.497 e. The average molecular weight is 355 g/mol. The SMILES string of the molecule is COc1ccc(-c2nc3c([nH]2)CN(C(=O)C2CNCC(=O)N2)CC3)cc1. The van der Waals surface area contributed by atoms with Gasteiger partial charge in [-0.15, -0.1) is 0 Å². The molecule has 1 aromatic carbocycles. The molecule has 3 N–H and O–H groups in total.